The van der Waals surface area contributed by atoms with E-state index in [2.05, 4.69) is 10.6 Å². The molecule has 0 aliphatic rings. The molecule has 2 aromatic carbocycles. The summed E-state index contributed by atoms with van der Waals surface area (Å²) < 4.78 is 5.19. The van der Waals surface area contributed by atoms with Gasteiger partial charge in [0, 0.05) is 6.08 Å². The molecule has 5 nitrogen and oxygen atoms in total. The Balaban J connectivity index is 1.65. The van der Waals surface area contributed by atoms with E-state index in [1.54, 1.807) is 48.7 Å². The van der Waals surface area contributed by atoms with Crippen LogP contribution in [0.3, 0.4) is 0 Å². The van der Waals surface area contributed by atoms with Crippen LogP contribution in [0.15, 0.2) is 83.5 Å². The zero-order chi connectivity index (χ0) is 18.2. The average molecular weight is 346 g/mol. The predicted molar refractivity (Wildman–Crippen MR) is 100 cm³/mol. The summed E-state index contributed by atoms with van der Waals surface area (Å²) in [6, 6.07) is 19.9. The number of hydrogen-bond donors (Lipinski definition) is 2. The van der Waals surface area contributed by atoms with Gasteiger partial charge in [-0.3, -0.25) is 9.59 Å². The van der Waals surface area contributed by atoms with Gasteiger partial charge >= 0.3 is 0 Å². The molecule has 0 radical (unpaired) electrons. The van der Waals surface area contributed by atoms with Crippen molar-refractivity contribution in [2.75, 3.05) is 5.32 Å². The van der Waals surface area contributed by atoms with Crippen LogP contribution in [0, 0.1) is 0 Å². The average Bonchev–Trinajstić information content (AvgIpc) is 3.19. The van der Waals surface area contributed by atoms with Crippen LogP contribution < -0.4 is 10.6 Å². The minimum atomic E-state index is -0.305. The molecule has 0 bridgehead atoms. The SMILES string of the molecule is O=C(C=Cc1ccccc1)Nc1ccccc1C(=O)NCc1ccco1. The van der Waals surface area contributed by atoms with Gasteiger partial charge in [-0.25, -0.2) is 0 Å². The summed E-state index contributed by atoms with van der Waals surface area (Å²) in [5.41, 5.74) is 1.76. The molecule has 130 valence electrons. The zero-order valence-corrected chi connectivity index (χ0v) is 14.0. The third-order valence-electron chi connectivity index (χ3n) is 3.66. The van der Waals surface area contributed by atoms with Crippen molar-refractivity contribution in [3.05, 3.63) is 96.0 Å². The number of anilines is 1. The van der Waals surface area contributed by atoms with Crippen LogP contribution in [0.4, 0.5) is 5.69 Å². The van der Waals surface area contributed by atoms with E-state index in [-0.39, 0.29) is 18.4 Å². The maximum atomic E-state index is 12.4. The second-order valence-corrected chi connectivity index (χ2v) is 5.54. The molecule has 3 rings (SSSR count). The number of hydrogen-bond acceptors (Lipinski definition) is 3. The van der Waals surface area contributed by atoms with Gasteiger partial charge in [-0.05, 0) is 35.9 Å². The fourth-order valence-corrected chi connectivity index (χ4v) is 2.38. The largest absolute Gasteiger partial charge is 0.467 e. The smallest absolute Gasteiger partial charge is 0.253 e. The van der Waals surface area contributed by atoms with E-state index in [1.165, 1.54) is 6.08 Å². The highest BCUT2D eigenvalue weighted by Gasteiger charge is 2.12. The van der Waals surface area contributed by atoms with Crippen molar-refractivity contribution >= 4 is 23.6 Å². The molecule has 0 aliphatic heterocycles. The van der Waals surface area contributed by atoms with Crippen molar-refractivity contribution in [1.29, 1.82) is 0 Å². The van der Waals surface area contributed by atoms with E-state index >= 15 is 0 Å². The Bertz CT molecular complexity index is 900. The highest BCUT2D eigenvalue weighted by molar-refractivity contribution is 6.07. The number of rotatable bonds is 6. The number of para-hydroxylation sites is 1. The molecule has 0 spiro atoms. The van der Waals surface area contributed by atoms with E-state index < -0.39 is 0 Å². The molecule has 3 aromatic rings. The van der Waals surface area contributed by atoms with Crippen LogP contribution >= 0.6 is 0 Å². The lowest BCUT2D eigenvalue weighted by Gasteiger charge is -2.10. The molecule has 1 heterocycles. The van der Waals surface area contributed by atoms with Gasteiger partial charge in [-0.1, -0.05) is 42.5 Å². The number of nitrogens with one attached hydrogen (secondary N) is 2. The fraction of sp³-hybridized carbons (Fsp3) is 0.0476. The Morgan fingerprint density at radius 1 is 0.923 bits per heavy atom. The first-order valence-electron chi connectivity index (χ1n) is 8.16. The Kier molecular flexibility index (Phi) is 5.62. The minimum absolute atomic E-state index is 0.280. The van der Waals surface area contributed by atoms with Gasteiger partial charge in [0.2, 0.25) is 5.91 Å². The van der Waals surface area contributed by atoms with Crippen molar-refractivity contribution in [3.8, 4) is 0 Å². The van der Waals surface area contributed by atoms with Crippen molar-refractivity contribution in [3.63, 3.8) is 0 Å². The van der Waals surface area contributed by atoms with Gasteiger partial charge < -0.3 is 15.1 Å². The fourth-order valence-electron chi connectivity index (χ4n) is 2.38. The molecular weight excluding hydrogens is 328 g/mol. The Hall–Kier alpha value is -3.60. The molecule has 2 amide bonds. The first-order valence-corrected chi connectivity index (χ1v) is 8.16. The summed E-state index contributed by atoms with van der Waals surface area (Å²) in [5.74, 6) is 0.0649. The van der Waals surface area contributed by atoms with Crippen LogP contribution in [0.25, 0.3) is 6.08 Å². The summed E-state index contributed by atoms with van der Waals surface area (Å²) >= 11 is 0. The molecule has 0 aliphatic carbocycles. The molecule has 0 atom stereocenters. The molecule has 0 unspecified atom stereocenters. The number of benzene rings is 2. The first kappa shape index (κ1) is 17.2. The van der Waals surface area contributed by atoms with Crippen LogP contribution in [-0.2, 0) is 11.3 Å². The Morgan fingerprint density at radius 2 is 1.69 bits per heavy atom. The first-order chi connectivity index (χ1) is 12.7. The number of carbonyl (C=O) groups is 2. The van der Waals surface area contributed by atoms with E-state index in [0.717, 1.165) is 5.56 Å². The summed E-state index contributed by atoms with van der Waals surface area (Å²) in [6.45, 7) is 0.280. The maximum Gasteiger partial charge on any atom is 0.253 e. The van der Waals surface area contributed by atoms with Crippen molar-refractivity contribution in [2.24, 2.45) is 0 Å². The van der Waals surface area contributed by atoms with E-state index in [4.69, 9.17) is 4.42 Å². The van der Waals surface area contributed by atoms with Gasteiger partial charge in [0.05, 0.1) is 24.1 Å². The molecule has 0 saturated carbocycles. The van der Waals surface area contributed by atoms with E-state index in [1.807, 2.05) is 30.3 Å². The third kappa shape index (κ3) is 4.70. The molecule has 0 saturated heterocycles. The quantitative estimate of drug-likeness (QED) is 0.666. The zero-order valence-electron chi connectivity index (χ0n) is 14.0. The topological polar surface area (TPSA) is 71.3 Å². The Morgan fingerprint density at radius 3 is 2.46 bits per heavy atom. The number of carbonyl (C=O) groups excluding carboxylic acids is 2. The van der Waals surface area contributed by atoms with Crippen molar-refractivity contribution < 1.29 is 14.0 Å². The predicted octanol–water partition coefficient (Wildman–Crippen LogP) is 3.86. The van der Waals surface area contributed by atoms with E-state index in [9.17, 15) is 9.59 Å². The van der Waals surface area contributed by atoms with E-state index in [0.29, 0.717) is 17.0 Å². The summed E-state index contributed by atoms with van der Waals surface area (Å²) in [5, 5.41) is 5.52. The lowest BCUT2D eigenvalue weighted by molar-refractivity contribution is -0.111. The van der Waals surface area contributed by atoms with Gasteiger partial charge in [0.1, 0.15) is 5.76 Å². The van der Waals surface area contributed by atoms with Gasteiger partial charge in [-0.15, -0.1) is 0 Å². The third-order valence-corrected chi connectivity index (χ3v) is 3.66. The summed E-state index contributed by atoms with van der Waals surface area (Å²) in [6.07, 6.45) is 4.70. The number of furan rings is 1. The minimum Gasteiger partial charge on any atom is -0.467 e. The van der Waals surface area contributed by atoms with Crippen molar-refractivity contribution in [1.82, 2.24) is 5.32 Å². The lowest BCUT2D eigenvalue weighted by atomic mass is 10.1. The normalized spacial score (nSPS) is 10.6. The molecule has 26 heavy (non-hydrogen) atoms. The Labute approximate surface area is 151 Å². The lowest BCUT2D eigenvalue weighted by Crippen LogP contribution is -2.24. The monoisotopic (exact) mass is 346 g/mol. The molecule has 5 heteroatoms. The summed E-state index contributed by atoms with van der Waals surface area (Å²) in [4.78, 5) is 24.6. The van der Waals surface area contributed by atoms with Gasteiger partial charge in [0.15, 0.2) is 0 Å². The molecule has 0 fully saturated rings. The maximum absolute atomic E-state index is 12.4. The van der Waals surface area contributed by atoms with Crippen LogP contribution in [-0.4, -0.2) is 11.8 Å². The second kappa shape index (κ2) is 8.48. The van der Waals surface area contributed by atoms with Crippen molar-refractivity contribution in [2.45, 2.75) is 6.54 Å². The number of amides is 2. The highest BCUT2D eigenvalue weighted by Crippen LogP contribution is 2.15. The van der Waals surface area contributed by atoms with Gasteiger partial charge in [0.25, 0.3) is 5.91 Å². The highest BCUT2D eigenvalue weighted by atomic mass is 16.3. The van der Waals surface area contributed by atoms with Gasteiger partial charge in [-0.2, -0.15) is 0 Å². The van der Waals surface area contributed by atoms with Crippen LogP contribution in [0.5, 0.6) is 0 Å². The second-order valence-electron chi connectivity index (χ2n) is 5.54. The molecule has 1 aromatic heterocycles. The summed E-state index contributed by atoms with van der Waals surface area (Å²) in [7, 11) is 0. The molecule has 2 N–H and O–H groups in total. The standard InChI is InChI=1S/C21H18N2O3/c24-20(13-12-16-7-2-1-3-8-16)23-19-11-5-4-10-18(19)21(25)22-15-17-9-6-14-26-17/h1-14H,15H2,(H,22,25)(H,23,24). The molecular formula is C21H18N2O3. The van der Waals surface area contributed by atoms with Crippen LogP contribution in [0.1, 0.15) is 21.7 Å². The van der Waals surface area contributed by atoms with Crippen LogP contribution in [0.2, 0.25) is 0 Å².